The van der Waals surface area contributed by atoms with Gasteiger partial charge in [0, 0.05) is 5.22 Å². The second-order valence-electron chi connectivity index (χ2n) is 9.96. The van der Waals surface area contributed by atoms with Crippen LogP contribution >= 0.6 is 0 Å². The van der Waals surface area contributed by atoms with Crippen LogP contribution in [0.25, 0.3) is 17.1 Å². The summed E-state index contributed by atoms with van der Waals surface area (Å²) in [4.78, 5) is 14.8. The van der Waals surface area contributed by atoms with Gasteiger partial charge in [0.15, 0.2) is 11.6 Å². The first-order chi connectivity index (χ1) is 19.5. The number of hydrogen-bond donors (Lipinski definition) is 0. The van der Waals surface area contributed by atoms with Gasteiger partial charge in [-0.05, 0) is 79.5 Å². The monoisotopic (exact) mass is 523 g/mol. The van der Waals surface area contributed by atoms with Gasteiger partial charge in [-0.2, -0.15) is 5.10 Å². The highest BCUT2D eigenvalue weighted by molar-refractivity contribution is 5.95. The molecule has 7 rings (SSSR count). The molecule has 0 N–H and O–H groups in total. The highest BCUT2D eigenvalue weighted by atomic mass is 15.5. The van der Waals surface area contributed by atoms with Gasteiger partial charge in [0.2, 0.25) is 5.82 Å². The number of hydrogen-bond acceptors (Lipinski definition) is 9. The summed E-state index contributed by atoms with van der Waals surface area (Å²) in [6.07, 6.45) is 5.72. The first kappa shape index (κ1) is 23.8. The Morgan fingerprint density at radius 1 is 0.650 bits per heavy atom. The summed E-state index contributed by atoms with van der Waals surface area (Å²) in [7, 11) is 0. The highest BCUT2D eigenvalue weighted by Crippen LogP contribution is 2.51. The Morgan fingerprint density at radius 3 is 1.75 bits per heavy atom. The Bertz CT molecular complexity index is 1890. The summed E-state index contributed by atoms with van der Waals surface area (Å²) in [6, 6.07) is 20.7. The maximum Gasteiger partial charge on any atom is 0.226 e. The Morgan fingerprint density at radius 2 is 1.20 bits per heavy atom. The second-order valence-corrected chi connectivity index (χ2v) is 9.96. The minimum Gasteiger partial charge on any atom is -0.276 e. The van der Waals surface area contributed by atoms with Crippen LogP contribution in [-0.2, 0) is 0 Å². The maximum atomic E-state index is 5.19. The van der Waals surface area contributed by atoms with Crippen molar-refractivity contribution < 1.29 is 0 Å². The van der Waals surface area contributed by atoms with E-state index in [0.717, 1.165) is 67.3 Å². The fourth-order valence-electron chi connectivity index (χ4n) is 5.45. The van der Waals surface area contributed by atoms with Gasteiger partial charge in [-0.25, -0.2) is 9.97 Å². The van der Waals surface area contributed by atoms with E-state index in [4.69, 9.17) is 9.97 Å². The van der Waals surface area contributed by atoms with Gasteiger partial charge in [0.1, 0.15) is 11.2 Å². The zero-order valence-corrected chi connectivity index (χ0v) is 22.5. The average molecular weight is 524 g/mol. The standard InChI is InChI=1S/C31H25N9/c1-18-9-7-10-19(2)27(18)39-25(16-15-22-17-32-36-29-26(22)35-38-37-29)40(28-20(3)11-8-12-21(28)4)31-30(39)33-23-13-5-6-14-24(23)34-31/h5-17H,1-4H3/b22-15-. The Kier molecular flexibility index (Phi) is 5.45. The van der Waals surface area contributed by atoms with Crippen molar-refractivity contribution >= 4 is 45.9 Å². The number of fused-ring (bicyclic) bond motifs is 3. The van der Waals surface area contributed by atoms with Crippen LogP contribution in [0.3, 0.4) is 0 Å². The second kappa shape index (κ2) is 9.16. The molecule has 4 heterocycles. The normalized spacial score (nSPS) is 14.1. The van der Waals surface area contributed by atoms with Crippen LogP contribution in [0.4, 0.5) is 28.8 Å². The Labute approximate surface area is 230 Å². The molecule has 0 aliphatic carbocycles. The highest BCUT2D eigenvalue weighted by Gasteiger charge is 2.38. The van der Waals surface area contributed by atoms with Crippen LogP contribution in [0.2, 0.25) is 0 Å². The summed E-state index contributed by atoms with van der Waals surface area (Å²) in [5.41, 5.74) is 8.33. The van der Waals surface area contributed by atoms with Crippen molar-refractivity contribution in [3.63, 3.8) is 0 Å². The Hall–Kier alpha value is -5.31. The number of aromatic nitrogens is 4. The summed E-state index contributed by atoms with van der Waals surface area (Å²) >= 11 is 0. The van der Waals surface area contributed by atoms with E-state index < -0.39 is 0 Å². The quantitative estimate of drug-likeness (QED) is 0.292. The molecule has 2 aromatic heterocycles. The van der Waals surface area contributed by atoms with Gasteiger partial charge >= 0.3 is 0 Å². The number of rotatable bonds is 3. The smallest absolute Gasteiger partial charge is 0.226 e. The van der Waals surface area contributed by atoms with E-state index in [-0.39, 0.29) is 0 Å². The van der Waals surface area contributed by atoms with Gasteiger partial charge in [-0.15, -0.1) is 15.3 Å². The molecule has 0 atom stereocenters. The number of allylic oxidation sites excluding steroid dienone is 1. The molecule has 9 heteroatoms. The predicted octanol–water partition coefficient (Wildman–Crippen LogP) is 5.90. The molecule has 0 saturated heterocycles. The molecule has 0 saturated carbocycles. The number of benzene rings is 3. The third-order valence-electron chi connectivity index (χ3n) is 7.27. The van der Waals surface area contributed by atoms with Crippen LogP contribution in [0.1, 0.15) is 22.3 Å². The summed E-state index contributed by atoms with van der Waals surface area (Å²) in [5.74, 6) is 2.84. The van der Waals surface area contributed by atoms with E-state index >= 15 is 0 Å². The van der Waals surface area contributed by atoms with Crippen molar-refractivity contribution in [3.8, 4) is 0 Å². The molecule has 0 unspecified atom stereocenters. The van der Waals surface area contributed by atoms with E-state index in [2.05, 4.69) is 106 Å². The van der Waals surface area contributed by atoms with E-state index in [0.29, 0.717) is 11.2 Å². The predicted molar refractivity (Wildman–Crippen MR) is 156 cm³/mol. The van der Waals surface area contributed by atoms with Crippen LogP contribution in [0.5, 0.6) is 0 Å². The van der Waals surface area contributed by atoms with E-state index in [9.17, 15) is 0 Å². The van der Waals surface area contributed by atoms with Crippen molar-refractivity contribution in [3.05, 3.63) is 112 Å². The third kappa shape index (κ3) is 3.66. The molecule has 40 heavy (non-hydrogen) atoms. The maximum absolute atomic E-state index is 5.19. The van der Waals surface area contributed by atoms with Crippen LogP contribution < -0.4 is 20.4 Å². The van der Waals surface area contributed by atoms with E-state index in [1.807, 2.05) is 30.3 Å². The molecule has 0 bridgehead atoms. The lowest BCUT2D eigenvalue weighted by atomic mass is 10.1. The van der Waals surface area contributed by atoms with E-state index in [1.165, 1.54) is 0 Å². The first-order valence-electron chi connectivity index (χ1n) is 13.0. The van der Waals surface area contributed by atoms with Gasteiger partial charge in [0.25, 0.3) is 0 Å². The largest absolute Gasteiger partial charge is 0.276 e. The summed E-state index contributed by atoms with van der Waals surface area (Å²) in [6.45, 7) is 8.50. The molecule has 194 valence electrons. The average Bonchev–Trinajstić information content (AvgIpc) is 3.54. The van der Waals surface area contributed by atoms with Gasteiger partial charge in [0.05, 0.1) is 28.6 Å². The number of para-hydroxylation sites is 4. The van der Waals surface area contributed by atoms with Crippen LogP contribution in [0, 0.1) is 27.7 Å². The molecule has 2 aliphatic heterocycles. The summed E-state index contributed by atoms with van der Waals surface area (Å²) < 4.78 is 0. The lowest BCUT2D eigenvalue weighted by molar-refractivity contribution is 0.996. The number of aryl methyl sites for hydroxylation is 4. The molecular weight excluding hydrogens is 498 g/mol. The fraction of sp³-hybridized carbons (Fsp3) is 0.129. The number of nitrogens with zero attached hydrogens (tertiary/aromatic N) is 9. The van der Waals surface area contributed by atoms with Gasteiger partial charge in [-0.3, -0.25) is 9.80 Å². The molecular formula is C31H25N9. The number of anilines is 4. The van der Waals surface area contributed by atoms with Crippen molar-refractivity contribution in [2.45, 2.75) is 27.7 Å². The molecule has 0 spiro atoms. The zero-order valence-electron chi connectivity index (χ0n) is 22.5. The molecule has 5 aromatic rings. The molecule has 9 nitrogen and oxygen atoms in total. The van der Waals surface area contributed by atoms with Gasteiger partial charge in [-0.1, -0.05) is 48.5 Å². The van der Waals surface area contributed by atoms with Crippen molar-refractivity contribution in [1.82, 2.24) is 20.2 Å². The zero-order chi connectivity index (χ0) is 27.4. The van der Waals surface area contributed by atoms with Gasteiger partial charge < -0.3 is 0 Å². The first-order valence-corrected chi connectivity index (χ1v) is 13.0. The lowest BCUT2D eigenvalue weighted by Crippen LogP contribution is -2.27. The van der Waals surface area contributed by atoms with E-state index in [1.54, 1.807) is 6.20 Å². The van der Waals surface area contributed by atoms with Crippen molar-refractivity contribution in [2.75, 3.05) is 9.80 Å². The van der Waals surface area contributed by atoms with Crippen LogP contribution in [0.15, 0.2) is 94.2 Å². The van der Waals surface area contributed by atoms with Crippen molar-refractivity contribution in [2.24, 2.45) is 15.4 Å². The molecule has 3 aromatic carbocycles. The SMILES string of the molecule is Cc1cccc(C)c1N1C(=C/C=c2/cnnc3c2=NN=N3)N(c2c(C)cccc2C)c2nc3ccccc3nc21. The minimum atomic E-state index is 0.412. The Balaban J connectivity index is 1.59. The third-order valence-corrected chi connectivity index (χ3v) is 7.27. The molecule has 2 aliphatic rings. The summed E-state index contributed by atoms with van der Waals surface area (Å²) in [5, 5.41) is 21.5. The molecule has 0 amide bonds. The van der Waals surface area contributed by atoms with Crippen LogP contribution in [-0.4, -0.2) is 20.2 Å². The topological polar surface area (TPSA) is 95.1 Å². The lowest BCUT2D eigenvalue weighted by Gasteiger charge is -2.28. The minimum absolute atomic E-state index is 0.412. The fourth-order valence-corrected chi connectivity index (χ4v) is 5.45. The molecule has 0 fully saturated rings. The molecule has 0 radical (unpaired) electrons. The van der Waals surface area contributed by atoms with Crippen molar-refractivity contribution in [1.29, 1.82) is 0 Å².